The second kappa shape index (κ2) is 10.4. The molecule has 0 atom stereocenters. The molecule has 0 unspecified atom stereocenters. The zero-order valence-electron chi connectivity index (χ0n) is 15.9. The molecule has 0 spiro atoms. The van der Waals surface area contributed by atoms with Crippen LogP contribution < -0.4 is 0 Å². The van der Waals surface area contributed by atoms with Gasteiger partial charge in [-0.15, -0.1) is 0 Å². The van der Waals surface area contributed by atoms with Gasteiger partial charge >= 0.3 is 13.0 Å². The van der Waals surface area contributed by atoms with Gasteiger partial charge in [0.1, 0.15) is 12.2 Å². The Balaban J connectivity index is 0.000000646. The highest BCUT2D eigenvalue weighted by atomic mass is 19.5. The van der Waals surface area contributed by atoms with Gasteiger partial charge in [-0.25, -0.2) is 0 Å². The molecule has 0 N–H and O–H groups in total. The van der Waals surface area contributed by atoms with Crippen LogP contribution in [0.25, 0.3) is 5.53 Å². The van der Waals surface area contributed by atoms with Crippen LogP contribution in [0.1, 0.15) is 34.1 Å². The van der Waals surface area contributed by atoms with Crippen molar-refractivity contribution in [2.75, 3.05) is 26.3 Å². The van der Waals surface area contributed by atoms with Crippen LogP contribution in [0.2, 0.25) is 0 Å². The average Bonchev–Trinajstić information content (AvgIpc) is 2.54. The molecule has 0 amide bonds. The van der Waals surface area contributed by atoms with Crippen LogP contribution in [0.4, 0.5) is 17.3 Å². The smallest absolute Gasteiger partial charge is 0.493 e. The summed E-state index contributed by atoms with van der Waals surface area (Å²) in [7, 11) is -6.00. The maximum Gasteiger partial charge on any atom is 0.673 e. The van der Waals surface area contributed by atoms with Crippen LogP contribution in [-0.2, 0) is 14.2 Å². The summed E-state index contributed by atoms with van der Waals surface area (Å²) < 4.78 is 56.2. The second-order valence-electron chi connectivity index (χ2n) is 6.47. The predicted molar refractivity (Wildman–Crippen MR) is 93.4 cm³/mol. The number of halogens is 4. The third-order valence-electron chi connectivity index (χ3n) is 3.38. The van der Waals surface area contributed by atoms with Gasteiger partial charge in [0.05, 0.1) is 31.1 Å². The van der Waals surface area contributed by atoms with E-state index in [1.807, 2.05) is 33.8 Å². The Morgan fingerprint density at radius 1 is 1.07 bits per heavy atom. The van der Waals surface area contributed by atoms with E-state index in [1.54, 1.807) is 0 Å². The quantitative estimate of drug-likeness (QED) is 0.309. The molecule has 1 fully saturated rings. The Morgan fingerprint density at radius 2 is 1.59 bits per heavy atom. The summed E-state index contributed by atoms with van der Waals surface area (Å²) in [6, 6.07) is 0. The van der Waals surface area contributed by atoms with E-state index in [1.165, 1.54) is 0 Å². The fraction of sp³-hybridized carbons (Fsp3) is 0.688. The molecular formula is C16H25BF4N3O3-. The first-order valence-corrected chi connectivity index (χ1v) is 8.70. The summed E-state index contributed by atoms with van der Waals surface area (Å²) >= 11 is 0. The van der Waals surface area contributed by atoms with Crippen molar-refractivity contribution < 1.29 is 36.3 Å². The Bertz CT molecular complexity index is 603. The van der Waals surface area contributed by atoms with Crippen LogP contribution in [0, 0.1) is 0 Å². The van der Waals surface area contributed by atoms with E-state index in [-0.39, 0.29) is 12.2 Å². The van der Waals surface area contributed by atoms with E-state index in [9.17, 15) is 22.8 Å². The standard InChI is InChI=1S/C16H25N3O3.BF4/c1-11(2)21-15-10-14(19-5-7-20-8-6-19)16(22-12(3)4)9-13(15)18-17;2-1(3,4)5/h10-12H,5-9H2,1-4H3;/q;-1. The van der Waals surface area contributed by atoms with Crippen molar-refractivity contribution in [1.82, 2.24) is 4.90 Å². The van der Waals surface area contributed by atoms with Gasteiger partial charge in [-0.05, 0) is 27.7 Å². The van der Waals surface area contributed by atoms with Crippen molar-refractivity contribution in [3.63, 3.8) is 0 Å². The lowest BCUT2D eigenvalue weighted by Gasteiger charge is -2.33. The molecule has 0 bridgehead atoms. The SMILES string of the molecule is CC(C)OC1=CC(N2CCOCC2)=C(OC(C)C)CC1=[N+]=[N-].F[B-](F)(F)F. The Morgan fingerprint density at radius 3 is 2.04 bits per heavy atom. The number of nitrogens with zero attached hydrogens (tertiary/aromatic N) is 3. The Hall–Kier alpha value is -2.00. The molecule has 0 saturated carbocycles. The summed E-state index contributed by atoms with van der Waals surface area (Å²) in [6.45, 7) is 10.9. The number of morpholine rings is 1. The van der Waals surface area contributed by atoms with E-state index < -0.39 is 7.25 Å². The summed E-state index contributed by atoms with van der Waals surface area (Å²) in [5.41, 5.74) is 10.8. The monoisotopic (exact) mass is 394 g/mol. The van der Waals surface area contributed by atoms with Crippen molar-refractivity contribution in [2.24, 2.45) is 0 Å². The van der Waals surface area contributed by atoms with Crippen molar-refractivity contribution in [3.8, 4) is 0 Å². The molecule has 27 heavy (non-hydrogen) atoms. The molecule has 2 rings (SSSR count). The second-order valence-corrected chi connectivity index (χ2v) is 6.47. The van der Waals surface area contributed by atoms with Gasteiger partial charge in [-0.1, -0.05) is 0 Å². The predicted octanol–water partition coefficient (Wildman–Crippen LogP) is 3.64. The van der Waals surface area contributed by atoms with Crippen LogP contribution in [-0.4, -0.2) is 61.2 Å². The third-order valence-corrected chi connectivity index (χ3v) is 3.38. The maximum atomic E-state index is 9.75. The van der Waals surface area contributed by atoms with Gasteiger partial charge in [-0.2, -0.15) is 4.79 Å². The van der Waals surface area contributed by atoms with Crippen molar-refractivity contribution in [2.45, 2.75) is 46.3 Å². The summed E-state index contributed by atoms with van der Waals surface area (Å²) in [6.07, 6.45) is 2.43. The number of rotatable bonds is 5. The Labute approximate surface area is 156 Å². The van der Waals surface area contributed by atoms with Gasteiger partial charge in [0.25, 0.3) is 0 Å². The lowest BCUT2D eigenvalue weighted by molar-refractivity contribution is -0.0169. The minimum atomic E-state index is -6.00. The number of hydrogen-bond acceptors (Lipinski definition) is 4. The van der Waals surface area contributed by atoms with Gasteiger partial charge in [0, 0.05) is 19.2 Å². The zero-order valence-corrected chi connectivity index (χ0v) is 15.9. The van der Waals surface area contributed by atoms with Crippen molar-refractivity contribution in [1.29, 1.82) is 0 Å². The van der Waals surface area contributed by atoms with E-state index in [0.29, 0.717) is 31.1 Å². The summed E-state index contributed by atoms with van der Waals surface area (Å²) in [5, 5.41) is 0. The molecule has 0 aromatic heterocycles. The maximum absolute atomic E-state index is 9.75. The van der Waals surface area contributed by atoms with E-state index in [4.69, 9.17) is 14.2 Å². The third kappa shape index (κ3) is 8.97. The first-order chi connectivity index (χ1) is 12.5. The van der Waals surface area contributed by atoms with Crippen molar-refractivity contribution >= 4 is 13.0 Å². The molecule has 1 aliphatic heterocycles. The van der Waals surface area contributed by atoms with Gasteiger partial charge in [0.15, 0.2) is 0 Å². The zero-order chi connectivity index (χ0) is 20.6. The van der Waals surface area contributed by atoms with Crippen molar-refractivity contribution in [3.05, 3.63) is 28.8 Å². The largest absolute Gasteiger partial charge is 0.673 e. The van der Waals surface area contributed by atoms with E-state index in [2.05, 4.69) is 9.69 Å². The topological polar surface area (TPSA) is 67.3 Å². The first-order valence-electron chi connectivity index (χ1n) is 8.70. The molecule has 154 valence electrons. The normalized spacial score (nSPS) is 18.1. The molecule has 1 heterocycles. The highest BCUT2D eigenvalue weighted by Gasteiger charge is 2.31. The fourth-order valence-corrected chi connectivity index (χ4v) is 2.52. The van der Waals surface area contributed by atoms with Crippen LogP contribution in [0.5, 0.6) is 0 Å². The number of ether oxygens (including phenoxy) is 3. The minimum absolute atomic E-state index is 0.0153. The molecule has 11 heteroatoms. The van der Waals surface area contributed by atoms with E-state index >= 15 is 0 Å². The lowest BCUT2D eigenvalue weighted by Crippen LogP contribution is -2.37. The molecular weight excluding hydrogens is 369 g/mol. The molecule has 1 aliphatic carbocycles. The highest BCUT2D eigenvalue weighted by molar-refractivity contribution is 6.50. The summed E-state index contributed by atoms with van der Waals surface area (Å²) in [5.74, 6) is 1.43. The Kier molecular flexibility index (Phi) is 8.85. The van der Waals surface area contributed by atoms with E-state index in [0.717, 1.165) is 24.5 Å². The fourth-order valence-electron chi connectivity index (χ4n) is 2.52. The van der Waals surface area contributed by atoms with Gasteiger partial charge in [0.2, 0.25) is 5.76 Å². The summed E-state index contributed by atoms with van der Waals surface area (Å²) in [4.78, 5) is 5.62. The number of allylic oxidation sites excluding steroid dienone is 3. The van der Waals surface area contributed by atoms with Gasteiger partial charge in [-0.3, -0.25) is 0 Å². The molecule has 2 aliphatic rings. The highest BCUT2D eigenvalue weighted by Crippen LogP contribution is 2.28. The minimum Gasteiger partial charge on any atom is -0.493 e. The molecule has 0 radical (unpaired) electrons. The first kappa shape index (κ1) is 23.0. The average molecular weight is 394 g/mol. The molecule has 1 saturated heterocycles. The molecule has 0 aromatic carbocycles. The lowest BCUT2D eigenvalue weighted by atomic mass is 10.0. The van der Waals surface area contributed by atoms with Crippen LogP contribution in [0.3, 0.4) is 0 Å². The number of hydrogen-bond donors (Lipinski definition) is 0. The van der Waals surface area contributed by atoms with Crippen LogP contribution in [0.15, 0.2) is 23.3 Å². The van der Waals surface area contributed by atoms with Gasteiger partial charge < -0.3 is 41.9 Å². The molecule has 0 aromatic rings. The molecule has 6 nitrogen and oxygen atoms in total. The van der Waals surface area contributed by atoms with Crippen LogP contribution >= 0.6 is 0 Å².